The first-order chi connectivity index (χ1) is 9.34. The maximum Gasteiger partial charge on any atom is 0.341 e. The Morgan fingerprint density at radius 3 is 1.71 bits per heavy atom. The predicted molar refractivity (Wildman–Crippen MR) is 88.1 cm³/mol. The van der Waals surface area contributed by atoms with E-state index >= 15 is 0 Å². The molecule has 0 unspecified atom stereocenters. The van der Waals surface area contributed by atoms with Crippen molar-refractivity contribution in [1.82, 2.24) is 0 Å². The van der Waals surface area contributed by atoms with Gasteiger partial charge in [0.05, 0.1) is 4.91 Å². The number of thioether (sulfide) groups is 1. The van der Waals surface area contributed by atoms with E-state index in [-0.39, 0.29) is 15.7 Å². The number of hydrogen-bond donors (Lipinski definition) is 2. The number of phenols is 1. The van der Waals surface area contributed by atoms with Gasteiger partial charge in [-0.25, -0.2) is 4.79 Å². The molecule has 0 spiro atoms. The first kappa shape index (κ1) is 17.6. The van der Waals surface area contributed by atoms with Gasteiger partial charge < -0.3 is 10.2 Å². The zero-order chi connectivity index (χ0) is 16.6. The molecule has 1 aromatic rings. The summed E-state index contributed by atoms with van der Waals surface area (Å²) < 4.78 is 0. The van der Waals surface area contributed by atoms with E-state index in [0.717, 1.165) is 27.8 Å². The summed E-state index contributed by atoms with van der Waals surface area (Å²) in [6.07, 6.45) is 0. The van der Waals surface area contributed by atoms with Crippen LogP contribution < -0.4 is 0 Å². The van der Waals surface area contributed by atoms with Crippen LogP contribution in [0, 0.1) is 0 Å². The van der Waals surface area contributed by atoms with E-state index in [4.69, 9.17) is 5.11 Å². The number of carboxylic acids is 1. The SMILES string of the molecule is C=C(Sc1cc(C(C)(C)C)c(O)c(C(C)(C)C)c1)C(=O)O. The standard InChI is InChI=1S/C17H24O3S/c1-10(15(19)20)21-11-8-12(16(2,3)4)14(18)13(9-11)17(5,6)7/h8-9,18H,1H2,2-7H3,(H,19,20). The molecule has 0 heterocycles. The maximum atomic E-state index is 11.0. The van der Waals surface area contributed by atoms with Crippen molar-refractivity contribution in [2.75, 3.05) is 0 Å². The lowest BCUT2D eigenvalue weighted by molar-refractivity contribution is -0.131. The first-order valence-electron chi connectivity index (χ1n) is 6.82. The van der Waals surface area contributed by atoms with Crippen molar-refractivity contribution >= 4 is 17.7 Å². The molecular formula is C17H24O3S. The molecule has 0 fully saturated rings. The van der Waals surface area contributed by atoms with E-state index in [9.17, 15) is 9.90 Å². The van der Waals surface area contributed by atoms with Crippen molar-refractivity contribution in [1.29, 1.82) is 0 Å². The molecule has 3 nitrogen and oxygen atoms in total. The van der Waals surface area contributed by atoms with Gasteiger partial charge in [-0.1, -0.05) is 59.9 Å². The lowest BCUT2D eigenvalue weighted by Crippen LogP contribution is -2.17. The Morgan fingerprint density at radius 2 is 1.43 bits per heavy atom. The average molecular weight is 308 g/mol. The third kappa shape index (κ3) is 4.27. The Hall–Kier alpha value is -1.42. The summed E-state index contributed by atoms with van der Waals surface area (Å²) in [5, 5.41) is 19.6. The first-order valence-corrected chi connectivity index (χ1v) is 7.63. The molecule has 116 valence electrons. The third-order valence-corrected chi connectivity index (χ3v) is 4.07. The van der Waals surface area contributed by atoms with Crippen molar-refractivity contribution in [2.45, 2.75) is 57.3 Å². The smallest absolute Gasteiger partial charge is 0.341 e. The summed E-state index contributed by atoms with van der Waals surface area (Å²) in [6, 6.07) is 3.70. The highest BCUT2D eigenvalue weighted by Crippen LogP contribution is 2.42. The summed E-state index contributed by atoms with van der Waals surface area (Å²) in [5.41, 5.74) is 1.17. The van der Waals surface area contributed by atoms with Crippen LogP contribution in [-0.4, -0.2) is 16.2 Å². The second-order valence-corrected chi connectivity index (χ2v) is 8.37. The van der Waals surface area contributed by atoms with Crippen molar-refractivity contribution in [3.8, 4) is 5.75 Å². The number of aromatic hydroxyl groups is 1. The summed E-state index contributed by atoms with van der Waals surface area (Å²) in [4.78, 5) is 11.8. The number of hydrogen-bond acceptors (Lipinski definition) is 3. The van der Waals surface area contributed by atoms with E-state index in [1.807, 2.05) is 53.7 Å². The molecule has 1 aromatic carbocycles. The minimum atomic E-state index is -1.03. The van der Waals surface area contributed by atoms with Gasteiger partial charge in [-0.3, -0.25) is 0 Å². The highest BCUT2D eigenvalue weighted by molar-refractivity contribution is 8.04. The summed E-state index contributed by atoms with van der Waals surface area (Å²) in [5.74, 6) is -0.733. The van der Waals surface area contributed by atoms with E-state index < -0.39 is 5.97 Å². The van der Waals surface area contributed by atoms with E-state index in [2.05, 4.69) is 6.58 Å². The van der Waals surface area contributed by atoms with Crippen LogP contribution in [0.3, 0.4) is 0 Å². The van der Waals surface area contributed by atoms with Crippen LogP contribution >= 0.6 is 11.8 Å². The van der Waals surface area contributed by atoms with Gasteiger partial charge in [0.25, 0.3) is 0 Å². The van der Waals surface area contributed by atoms with Gasteiger partial charge in [0.15, 0.2) is 0 Å². The van der Waals surface area contributed by atoms with Gasteiger partial charge in [0, 0.05) is 16.0 Å². The summed E-state index contributed by atoms with van der Waals surface area (Å²) in [6.45, 7) is 15.7. The molecule has 0 aliphatic carbocycles. The zero-order valence-electron chi connectivity index (χ0n) is 13.6. The second-order valence-electron chi connectivity index (χ2n) is 7.20. The molecule has 0 radical (unpaired) electrons. The monoisotopic (exact) mass is 308 g/mol. The number of carbonyl (C=O) groups is 1. The minimum Gasteiger partial charge on any atom is -0.507 e. The molecule has 4 heteroatoms. The minimum absolute atomic E-state index is 0.0698. The third-order valence-electron chi connectivity index (χ3n) is 3.18. The Bertz CT molecular complexity index is 540. The fraction of sp³-hybridized carbons (Fsp3) is 0.471. The van der Waals surface area contributed by atoms with Crippen LogP contribution in [0.15, 0.2) is 28.5 Å². The number of phenolic OH excluding ortho intramolecular Hbond substituents is 1. The van der Waals surface area contributed by atoms with Gasteiger partial charge in [-0.05, 0) is 23.0 Å². The van der Waals surface area contributed by atoms with Crippen LogP contribution in [0.5, 0.6) is 5.75 Å². The second kappa shape index (κ2) is 5.76. The molecule has 0 aliphatic rings. The average Bonchev–Trinajstić information content (AvgIpc) is 2.27. The van der Waals surface area contributed by atoms with E-state index in [1.165, 1.54) is 0 Å². The Labute approximate surface area is 131 Å². The Balaban J connectivity index is 3.48. The number of benzene rings is 1. The topological polar surface area (TPSA) is 57.5 Å². The molecule has 0 saturated heterocycles. The van der Waals surface area contributed by atoms with Gasteiger partial charge in [-0.15, -0.1) is 0 Å². The molecule has 0 amide bonds. The van der Waals surface area contributed by atoms with E-state index in [0.29, 0.717) is 5.75 Å². The molecule has 0 atom stereocenters. The largest absolute Gasteiger partial charge is 0.507 e. The molecule has 1 rings (SSSR count). The van der Waals surface area contributed by atoms with Crippen molar-refractivity contribution in [3.63, 3.8) is 0 Å². The molecular weight excluding hydrogens is 284 g/mol. The Kier molecular flexibility index (Phi) is 4.83. The molecule has 0 aliphatic heterocycles. The van der Waals surface area contributed by atoms with Gasteiger partial charge in [0.1, 0.15) is 5.75 Å². The van der Waals surface area contributed by atoms with Crippen LogP contribution in [0.25, 0.3) is 0 Å². The molecule has 2 N–H and O–H groups in total. The normalized spacial score (nSPS) is 12.3. The van der Waals surface area contributed by atoms with Gasteiger partial charge in [-0.2, -0.15) is 0 Å². The molecule has 21 heavy (non-hydrogen) atoms. The van der Waals surface area contributed by atoms with Crippen molar-refractivity contribution < 1.29 is 15.0 Å². The van der Waals surface area contributed by atoms with Crippen LogP contribution in [0.2, 0.25) is 0 Å². The number of aliphatic carboxylic acids is 1. The maximum absolute atomic E-state index is 11.0. The molecule has 0 bridgehead atoms. The fourth-order valence-electron chi connectivity index (χ4n) is 2.00. The van der Waals surface area contributed by atoms with Gasteiger partial charge >= 0.3 is 5.97 Å². The molecule has 0 saturated carbocycles. The fourth-order valence-corrected chi connectivity index (χ4v) is 2.72. The number of rotatable bonds is 3. The molecule has 0 aromatic heterocycles. The van der Waals surface area contributed by atoms with Crippen LogP contribution in [0.4, 0.5) is 0 Å². The predicted octanol–water partition coefficient (Wildman–Crippen LogP) is 4.68. The summed E-state index contributed by atoms with van der Waals surface area (Å²) >= 11 is 1.12. The zero-order valence-corrected chi connectivity index (χ0v) is 14.4. The quantitative estimate of drug-likeness (QED) is 0.629. The number of carboxylic acid groups (broad SMARTS) is 1. The Morgan fingerprint density at radius 1 is 1.05 bits per heavy atom. The van der Waals surface area contributed by atoms with Crippen molar-refractivity contribution in [3.05, 3.63) is 34.7 Å². The van der Waals surface area contributed by atoms with Crippen molar-refractivity contribution in [2.24, 2.45) is 0 Å². The van der Waals surface area contributed by atoms with Crippen LogP contribution in [0.1, 0.15) is 52.7 Å². The highest BCUT2D eigenvalue weighted by Gasteiger charge is 2.27. The lowest BCUT2D eigenvalue weighted by Gasteiger charge is -2.28. The highest BCUT2D eigenvalue weighted by atomic mass is 32.2. The lowest BCUT2D eigenvalue weighted by atomic mass is 9.79. The summed E-state index contributed by atoms with van der Waals surface area (Å²) in [7, 11) is 0. The van der Waals surface area contributed by atoms with Crippen LogP contribution in [-0.2, 0) is 15.6 Å². The van der Waals surface area contributed by atoms with E-state index in [1.54, 1.807) is 0 Å². The van der Waals surface area contributed by atoms with Gasteiger partial charge in [0.2, 0.25) is 0 Å².